The van der Waals surface area contributed by atoms with Crippen LogP contribution in [0.3, 0.4) is 0 Å². The van der Waals surface area contributed by atoms with Gasteiger partial charge in [0.05, 0.1) is 11.5 Å². The first-order chi connectivity index (χ1) is 15.6. The fourth-order valence-corrected chi connectivity index (χ4v) is 5.83. The summed E-state index contributed by atoms with van der Waals surface area (Å²) in [5.41, 5.74) is 4.89. The number of amides is 1. The lowest BCUT2D eigenvalue weighted by Crippen LogP contribution is -2.21. The predicted octanol–water partition coefficient (Wildman–Crippen LogP) is 5.32. The smallest absolute Gasteiger partial charge is 0.250 e. The molecule has 0 bridgehead atoms. The Morgan fingerprint density at radius 2 is 1.72 bits per heavy atom. The van der Waals surface area contributed by atoms with Crippen LogP contribution in [0.25, 0.3) is 10.8 Å². The van der Waals surface area contributed by atoms with Crippen LogP contribution in [0.5, 0.6) is 5.75 Å². The number of carbonyl (C=O) groups is 1. The van der Waals surface area contributed by atoms with Crippen LogP contribution in [0.4, 0.5) is 0 Å². The first-order valence-electron chi connectivity index (χ1n) is 9.77. The summed E-state index contributed by atoms with van der Waals surface area (Å²) in [4.78, 5) is 12.1. The number of aromatic hydroxyl groups is 1. The molecule has 0 spiro atoms. The lowest BCUT2D eigenvalue weighted by Gasteiger charge is -2.04. The van der Waals surface area contributed by atoms with Crippen LogP contribution in [0, 0.1) is 0 Å². The minimum Gasteiger partial charge on any atom is -0.507 e. The first-order valence-corrected chi connectivity index (χ1v) is 12.6. The molecule has 32 heavy (non-hydrogen) atoms. The molecule has 1 amide bonds. The second kappa shape index (κ2) is 10.6. The topological polar surface area (TPSA) is 87.5 Å². The van der Waals surface area contributed by atoms with Gasteiger partial charge in [-0.1, -0.05) is 89.5 Å². The molecule has 3 aromatic carbocycles. The van der Waals surface area contributed by atoms with Gasteiger partial charge in [-0.15, -0.1) is 10.2 Å². The third kappa shape index (κ3) is 5.67. The Morgan fingerprint density at radius 3 is 2.56 bits per heavy atom. The average Bonchev–Trinajstić information content (AvgIpc) is 3.28. The quantitative estimate of drug-likeness (QED) is 0.202. The van der Waals surface area contributed by atoms with Gasteiger partial charge in [0.15, 0.2) is 8.68 Å². The minimum atomic E-state index is -0.245. The maximum absolute atomic E-state index is 12.1. The van der Waals surface area contributed by atoms with Crippen molar-refractivity contribution in [1.29, 1.82) is 0 Å². The number of hydrazone groups is 1. The van der Waals surface area contributed by atoms with Gasteiger partial charge in [0.1, 0.15) is 5.75 Å². The Kier molecular flexibility index (Phi) is 7.41. The zero-order chi connectivity index (χ0) is 22.3. The van der Waals surface area contributed by atoms with E-state index in [1.165, 1.54) is 39.4 Å². The highest BCUT2D eigenvalue weighted by Crippen LogP contribution is 2.32. The molecular weight excluding hydrogens is 460 g/mol. The van der Waals surface area contributed by atoms with E-state index in [0.29, 0.717) is 11.3 Å². The number of rotatable bonds is 8. The van der Waals surface area contributed by atoms with Gasteiger partial charge in [0.25, 0.3) is 5.91 Å². The standard InChI is InChI=1S/C23H20N4O2S3/c1-15(18-10-4-5-12-20(18)28)24-25-21(29)14-31-23-27-26-22(32-23)30-13-17-9-6-8-16-7-2-3-11-19(16)17/h2-12,28H,13-14H2,1H3,(H,25,29)/b24-15-. The summed E-state index contributed by atoms with van der Waals surface area (Å²) < 4.78 is 1.61. The number of aromatic nitrogens is 2. The fraction of sp³-hybridized carbons (Fsp3) is 0.130. The third-order valence-corrected chi connectivity index (χ3v) is 7.83. The molecule has 1 aromatic heterocycles. The normalized spacial score (nSPS) is 11.6. The Morgan fingerprint density at radius 1 is 1.00 bits per heavy atom. The van der Waals surface area contributed by atoms with Crippen LogP contribution in [0.2, 0.25) is 0 Å². The molecule has 0 aliphatic carbocycles. The van der Waals surface area contributed by atoms with E-state index in [9.17, 15) is 9.90 Å². The van der Waals surface area contributed by atoms with E-state index in [2.05, 4.69) is 57.1 Å². The summed E-state index contributed by atoms with van der Waals surface area (Å²) in [7, 11) is 0. The molecule has 2 N–H and O–H groups in total. The van der Waals surface area contributed by atoms with Crippen molar-refractivity contribution in [3.8, 4) is 5.75 Å². The number of fused-ring (bicyclic) bond motifs is 1. The molecule has 0 aliphatic heterocycles. The number of phenolic OH excluding ortho intramolecular Hbond substituents is 1. The van der Waals surface area contributed by atoms with Crippen LogP contribution >= 0.6 is 34.9 Å². The van der Waals surface area contributed by atoms with Crippen LogP contribution in [-0.4, -0.2) is 32.7 Å². The zero-order valence-electron chi connectivity index (χ0n) is 17.2. The molecule has 0 saturated carbocycles. The minimum absolute atomic E-state index is 0.125. The van der Waals surface area contributed by atoms with E-state index in [-0.39, 0.29) is 17.4 Å². The zero-order valence-corrected chi connectivity index (χ0v) is 19.6. The molecule has 0 saturated heterocycles. The number of thioether (sulfide) groups is 2. The molecular formula is C23H20N4O2S3. The van der Waals surface area contributed by atoms with E-state index in [0.717, 1.165) is 14.4 Å². The van der Waals surface area contributed by atoms with Crippen molar-refractivity contribution in [1.82, 2.24) is 15.6 Å². The molecule has 162 valence electrons. The van der Waals surface area contributed by atoms with Gasteiger partial charge in [-0.3, -0.25) is 4.79 Å². The summed E-state index contributed by atoms with van der Waals surface area (Å²) >= 11 is 4.44. The van der Waals surface area contributed by atoms with Crippen molar-refractivity contribution in [2.45, 2.75) is 21.4 Å². The van der Waals surface area contributed by atoms with Crippen molar-refractivity contribution in [3.05, 3.63) is 77.9 Å². The number of carbonyl (C=O) groups excluding carboxylic acids is 1. The van der Waals surface area contributed by atoms with Crippen molar-refractivity contribution in [2.24, 2.45) is 5.10 Å². The van der Waals surface area contributed by atoms with Crippen molar-refractivity contribution in [2.75, 3.05) is 5.75 Å². The third-order valence-electron chi connectivity index (χ3n) is 4.59. The average molecular weight is 481 g/mol. The number of hydrogen-bond acceptors (Lipinski definition) is 8. The Balaban J connectivity index is 1.28. The lowest BCUT2D eigenvalue weighted by molar-refractivity contribution is -0.118. The maximum Gasteiger partial charge on any atom is 0.250 e. The Bertz CT molecular complexity index is 1270. The number of nitrogens with zero attached hydrogens (tertiary/aromatic N) is 3. The molecule has 0 fully saturated rings. The second-order valence-electron chi connectivity index (χ2n) is 6.80. The number of hydrogen-bond donors (Lipinski definition) is 2. The monoisotopic (exact) mass is 480 g/mol. The van der Waals surface area contributed by atoms with Gasteiger partial charge < -0.3 is 5.11 Å². The van der Waals surface area contributed by atoms with Gasteiger partial charge in [-0.05, 0) is 35.4 Å². The molecule has 6 nitrogen and oxygen atoms in total. The maximum atomic E-state index is 12.1. The molecule has 1 heterocycles. The van der Waals surface area contributed by atoms with Gasteiger partial charge in [0.2, 0.25) is 0 Å². The van der Waals surface area contributed by atoms with Crippen molar-refractivity contribution < 1.29 is 9.90 Å². The predicted molar refractivity (Wildman–Crippen MR) is 133 cm³/mol. The second-order valence-corrected chi connectivity index (χ2v) is 10.2. The van der Waals surface area contributed by atoms with Crippen molar-refractivity contribution >= 4 is 57.3 Å². The molecule has 9 heteroatoms. The first kappa shape index (κ1) is 22.3. The van der Waals surface area contributed by atoms with Gasteiger partial charge in [-0.25, -0.2) is 5.43 Å². The molecule has 0 unspecified atom stereocenters. The van der Waals surface area contributed by atoms with Crippen LogP contribution in [0.15, 0.2) is 80.5 Å². The summed E-state index contributed by atoms with van der Waals surface area (Å²) in [6.45, 7) is 1.73. The molecule has 0 atom stereocenters. The lowest BCUT2D eigenvalue weighted by atomic mass is 10.1. The van der Waals surface area contributed by atoms with Crippen LogP contribution in [-0.2, 0) is 10.5 Å². The summed E-state index contributed by atoms with van der Waals surface area (Å²) in [5, 5.41) is 24.8. The highest BCUT2D eigenvalue weighted by Gasteiger charge is 2.10. The van der Waals surface area contributed by atoms with E-state index >= 15 is 0 Å². The van der Waals surface area contributed by atoms with Gasteiger partial charge >= 0.3 is 0 Å². The summed E-state index contributed by atoms with van der Waals surface area (Å²) in [6.07, 6.45) is 0. The van der Waals surface area contributed by atoms with Crippen LogP contribution < -0.4 is 5.43 Å². The highest BCUT2D eigenvalue weighted by atomic mass is 32.2. The van der Waals surface area contributed by atoms with Gasteiger partial charge in [0, 0.05) is 11.3 Å². The number of phenols is 1. The van der Waals surface area contributed by atoms with Crippen molar-refractivity contribution in [3.63, 3.8) is 0 Å². The largest absolute Gasteiger partial charge is 0.507 e. The molecule has 0 aliphatic rings. The van der Waals surface area contributed by atoms with Crippen LogP contribution in [0.1, 0.15) is 18.1 Å². The van der Waals surface area contributed by atoms with E-state index in [1.807, 2.05) is 6.07 Å². The SMILES string of the molecule is C/C(=N/NC(=O)CSc1nnc(SCc2cccc3ccccc23)s1)c1ccccc1O. The van der Waals surface area contributed by atoms with Gasteiger partial charge in [-0.2, -0.15) is 5.10 Å². The summed E-state index contributed by atoms with van der Waals surface area (Å²) in [5.74, 6) is 0.867. The van der Waals surface area contributed by atoms with E-state index < -0.39 is 0 Å². The molecule has 4 aromatic rings. The highest BCUT2D eigenvalue weighted by molar-refractivity contribution is 8.03. The number of benzene rings is 3. The van der Waals surface area contributed by atoms with E-state index in [1.54, 1.807) is 43.0 Å². The number of para-hydroxylation sites is 1. The number of nitrogens with one attached hydrogen (secondary N) is 1. The Labute approximate surface area is 198 Å². The fourth-order valence-electron chi connectivity index (χ4n) is 3.02. The molecule has 0 radical (unpaired) electrons. The van der Waals surface area contributed by atoms with E-state index in [4.69, 9.17) is 0 Å². The molecule has 4 rings (SSSR count). The summed E-state index contributed by atoms with van der Waals surface area (Å²) in [6, 6.07) is 21.5. The Hall–Kier alpha value is -2.88.